The summed E-state index contributed by atoms with van der Waals surface area (Å²) in [6.45, 7) is 6.57. The van der Waals surface area contributed by atoms with E-state index >= 15 is 0 Å². The van der Waals surface area contributed by atoms with Crippen LogP contribution >= 0.6 is 11.8 Å². The maximum atomic E-state index is 12.5. The lowest BCUT2D eigenvalue weighted by Crippen LogP contribution is -2.22. The average molecular weight is 443 g/mol. The van der Waals surface area contributed by atoms with E-state index in [0.717, 1.165) is 28.3 Å². The summed E-state index contributed by atoms with van der Waals surface area (Å²) in [6.07, 6.45) is 0. The zero-order valence-corrected chi connectivity index (χ0v) is 19.3. The molecule has 5 heteroatoms. The fourth-order valence-electron chi connectivity index (χ4n) is 3.23. The summed E-state index contributed by atoms with van der Waals surface area (Å²) in [5.74, 6) is 2.04. The van der Waals surface area contributed by atoms with E-state index in [4.69, 9.17) is 4.42 Å². The third kappa shape index (κ3) is 5.48. The molecule has 0 spiro atoms. The van der Waals surface area contributed by atoms with Gasteiger partial charge in [-0.3, -0.25) is 4.79 Å². The highest BCUT2D eigenvalue weighted by Crippen LogP contribution is 2.28. The molecule has 0 atom stereocenters. The van der Waals surface area contributed by atoms with Crippen LogP contribution in [-0.2, 0) is 12.3 Å². The van der Waals surface area contributed by atoms with Crippen molar-refractivity contribution in [1.29, 1.82) is 0 Å². The number of amides is 1. The Labute approximate surface area is 193 Å². The standard InChI is InChI=1S/C27H26N2O2S/c1-18-4-8-21(9-5-18)16-28-26(30)22-10-12-23(13-11-22)27-29-25(20(3)31-27)17-32-24-14-6-19(2)7-15-24/h4-15H,16-17H2,1-3H3,(H,28,30). The van der Waals surface area contributed by atoms with Crippen molar-refractivity contribution in [2.24, 2.45) is 0 Å². The van der Waals surface area contributed by atoms with Gasteiger partial charge in [-0.05, 0) is 62.7 Å². The van der Waals surface area contributed by atoms with Crippen LogP contribution in [0.4, 0.5) is 0 Å². The Morgan fingerprint density at radius 3 is 2.16 bits per heavy atom. The Morgan fingerprint density at radius 1 is 0.875 bits per heavy atom. The number of nitrogens with one attached hydrogen (secondary N) is 1. The first-order valence-electron chi connectivity index (χ1n) is 10.6. The van der Waals surface area contributed by atoms with Crippen molar-refractivity contribution < 1.29 is 9.21 Å². The molecule has 0 radical (unpaired) electrons. The number of aryl methyl sites for hydroxylation is 3. The van der Waals surface area contributed by atoms with Crippen LogP contribution in [0, 0.1) is 20.8 Å². The van der Waals surface area contributed by atoms with Gasteiger partial charge in [-0.25, -0.2) is 4.98 Å². The number of oxazole rings is 1. The number of carbonyl (C=O) groups is 1. The Hall–Kier alpha value is -3.31. The lowest BCUT2D eigenvalue weighted by atomic mass is 10.1. The van der Waals surface area contributed by atoms with Crippen LogP contribution in [0.15, 0.2) is 82.1 Å². The van der Waals surface area contributed by atoms with E-state index in [9.17, 15) is 4.79 Å². The van der Waals surface area contributed by atoms with Gasteiger partial charge in [0.15, 0.2) is 0 Å². The van der Waals surface area contributed by atoms with Crippen molar-refractivity contribution in [3.05, 3.63) is 107 Å². The van der Waals surface area contributed by atoms with E-state index in [1.165, 1.54) is 16.0 Å². The maximum absolute atomic E-state index is 12.5. The zero-order valence-electron chi connectivity index (χ0n) is 18.5. The van der Waals surface area contributed by atoms with Crippen LogP contribution in [-0.4, -0.2) is 10.9 Å². The third-order valence-corrected chi connectivity index (χ3v) is 6.28. The lowest BCUT2D eigenvalue weighted by molar-refractivity contribution is 0.0951. The molecule has 1 aromatic heterocycles. The van der Waals surface area contributed by atoms with Gasteiger partial charge in [0.05, 0.1) is 5.69 Å². The highest BCUT2D eigenvalue weighted by atomic mass is 32.2. The molecule has 1 N–H and O–H groups in total. The largest absolute Gasteiger partial charge is 0.441 e. The molecule has 162 valence electrons. The second-order valence-electron chi connectivity index (χ2n) is 7.87. The molecule has 3 aromatic carbocycles. The van der Waals surface area contributed by atoms with Gasteiger partial charge in [0.1, 0.15) is 5.76 Å². The first kappa shape index (κ1) is 21.9. The summed E-state index contributed by atoms with van der Waals surface area (Å²) in [5, 5.41) is 2.96. The van der Waals surface area contributed by atoms with Gasteiger partial charge in [0, 0.05) is 28.3 Å². The molecule has 1 heterocycles. The Bertz CT molecular complexity index is 1190. The van der Waals surface area contributed by atoms with E-state index in [1.54, 1.807) is 23.9 Å². The van der Waals surface area contributed by atoms with E-state index in [-0.39, 0.29) is 5.91 Å². The molecule has 4 rings (SSSR count). The monoisotopic (exact) mass is 442 g/mol. The number of carbonyl (C=O) groups excluding carboxylic acids is 1. The Kier molecular flexibility index (Phi) is 6.76. The predicted molar refractivity (Wildman–Crippen MR) is 130 cm³/mol. The number of hydrogen-bond acceptors (Lipinski definition) is 4. The van der Waals surface area contributed by atoms with Crippen LogP contribution in [0.1, 0.15) is 38.5 Å². The molecular weight excluding hydrogens is 416 g/mol. The van der Waals surface area contributed by atoms with Crippen LogP contribution in [0.5, 0.6) is 0 Å². The summed E-state index contributed by atoms with van der Waals surface area (Å²) in [4.78, 5) is 18.4. The van der Waals surface area contributed by atoms with Crippen molar-refractivity contribution in [3.63, 3.8) is 0 Å². The maximum Gasteiger partial charge on any atom is 0.251 e. The molecule has 0 fully saturated rings. The Balaban J connectivity index is 1.38. The summed E-state index contributed by atoms with van der Waals surface area (Å²) in [5.41, 5.74) is 5.93. The van der Waals surface area contributed by atoms with Crippen molar-refractivity contribution in [3.8, 4) is 11.5 Å². The smallest absolute Gasteiger partial charge is 0.251 e. The summed E-state index contributed by atoms with van der Waals surface area (Å²) < 4.78 is 5.90. The summed E-state index contributed by atoms with van der Waals surface area (Å²) >= 11 is 1.74. The van der Waals surface area contributed by atoms with Gasteiger partial charge in [0.2, 0.25) is 5.89 Å². The topological polar surface area (TPSA) is 55.1 Å². The Morgan fingerprint density at radius 2 is 1.50 bits per heavy atom. The fourth-order valence-corrected chi connectivity index (χ4v) is 4.13. The minimum Gasteiger partial charge on any atom is -0.441 e. The SMILES string of the molecule is Cc1ccc(CNC(=O)c2ccc(-c3nc(CSc4ccc(C)cc4)c(C)o3)cc2)cc1. The molecule has 0 bridgehead atoms. The fraction of sp³-hybridized carbons (Fsp3) is 0.185. The number of nitrogens with zero attached hydrogens (tertiary/aromatic N) is 1. The van der Waals surface area contributed by atoms with Crippen LogP contribution < -0.4 is 5.32 Å². The molecule has 0 saturated heterocycles. The van der Waals surface area contributed by atoms with E-state index < -0.39 is 0 Å². The zero-order chi connectivity index (χ0) is 22.5. The van der Waals surface area contributed by atoms with Gasteiger partial charge in [0.25, 0.3) is 5.91 Å². The molecule has 4 aromatic rings. The highest BCUT2D eigenvalue weighted by Gasteiger charge is 2.13. The molecule has 0 aliphatic rings. The molecule has 0 saturated carbocycles. The van der Waals surface area contributed by atoms with Gasteiger partial charge < -0.3 is 9.73 Å². The van der Waals surface area contributed by atoms with Crippen LogP contribution in [0.2, 0.25) is 0 Å². The molecular formula is C27H26N2O2S. The number of hydrogen-bond donors (Lipinski definition) is 1. The number of thioether (sulfide) groups is 1. The second kappa shape index (κ2) is 9.88. The molecule has 0 aliphatic heterocycles. The first-order chi connectivity index (χ1) is 15.5. The molecule has 4 nitrogen and oxygen atoms in total. The summed E-state index contributed by atoms with van der Waals surface area (Å²) in [7, 11) is 0. The quantitative estimate of drug-likeness (QED) is 0.332. The molecule has 0 unspecified atom stereocenters. The van der Waals surface area contributed by atoms with Crippen LogP contribution in [0.25, 0.3) is 11.5 Å². The van der Waals surface area contributed by atoms with E-state index in [2.05, 4.69) is 41.5 Å². The molecule has 1 amide bonds. The van der Waals surface area contributed by atoms with Crippen molar-refractivity contribution in [1.82, 2.24) is 10.3 Å². The first-order valence-corrected chi connectivity index (χ1v) is 11.6. The van der Waals surface area contributed by atoms with Crippen molar-refractivity contribution in [2.45, 2.75) is 38.0 Å². The van der Waals surface area contributed by atoms with Gasteiger partial charge in [-0.15, -0.1) is 11.8 Å². The minimum atomic E-state index is -0.101. The van der Waals surface area contributed by atoms with E-state index in [0.29, 0.717) is 18.0 Å². The van der Waals surface area contributed by atoms with Gasteiger partial charge >= 0.3 is 0 Å². The number of aromatic nitrogens is 1. The van der Waals surface area contributed by atoms with Crippen molar-refractivity contribution in [2.75, 3.05) is 0 Å². The third-order valence-electron chi connectivity index (χ3n) is 5.26. The minimum absolute atomic E-state index is 0.101. The predicted octanol–water partition coefficient (Wildman–Crippen LogP) is 6.49. The average Bonchev–Trinajstić information content (AvgIpc) is 3.18. The van der Waals surface area contributed by atoms with Crippen LogP contribution in [0.3, 0.4) is 0 Å². The van der Waals surface area contributed by atoms with E-state index in [1.807, 2.05) is 50.2 Å². The number of rotatable bonds is 7. The second-order valence-corrected chi connectivity index (χ2v) is 8.92. The molecule has 32 heavy (non-hydrogen) atoms. The normalized spacial score (nSPS) is 10.8. The van der Waals surface area contributed by atoms with Gasteiger partial charge in [-0.2, -0.15) is 0 Å². The highest BCUT2D eigenvalue weighted by molar-refractivity contribution is 7.98. The van der Waals surface area contributed by atoms with Gasteiger partial charge in [-0.1, -0.05) is 47.5 Å². The number of benzene rings is 3. The lowest BCUT2D eigenvalue weighted by Gasteiger charge is -2.06. The van der Waals surface area contributed by atoms with Crippen molar-refractivity contribution >= 4 is 17.7 Å². The molecule has 0 aliphatic carbocycles. The summed E-state index contributed by atoms with van der Waals surface area (Å²) in [6, 6.07) is 24.0.